The second kappa shape index (κ2) is 6.42. The maximum absolute atomic E-state index is 12.1. The molecule has 1 unspecified atom stereocenters. The smallest absolute Gasteiger partial charge is 0.410 e. The molecule has 2 fully saturated rings. The molecule has 0 aromatic heterocycles. The predicted molar refractivity (Wildman–Crippen MR) is 96.9 cm³/mol. The van der Waals surface area contributed by atoms with Gasteiger partial charge in [0, 0.05) is 22.6 Å². The zero-order chi connectivity index (χ0) is 19.2. The van der Waals surface area contributed by atoms with Crippen LogP contribution in [-0.2, 0) is 24.5 Å². The van der Waals surface area contributed by atoms with E-state index in [0.29, 0.717) is 11.4 Å². The first-order chi connectivity index (χ1) is 12.9. The Morgan fingerprint density at radius 2 is 1.93 bits per heavy atom. The Labute approximate surface area is 162 Å². The summed E-state index contributed by atoms with van der Waals surface area (Å²) in [5.41, 5.74) is 4.26. The Hall–Kier alpha value is -2.25. The summed E-state index contributed by atoms with van der Waals surface area (Å²) in [7, 11) is 2.59. The minimum atomic E-state index is -0.787. The molecule has 1 saturated heterocycles. The fraction of sp³-hybridized carbons (Fsp3) is 0.474. The fourth-order valence-electron chi connectivity index (χ4n) is 4.06. The molecule has 2 aliphatic heterocycles. The average Bonchev–Trinajstić information content (AvgIpc) is 3.26. The highest BCUT2D eigenvalue weighted by Crippen LogP contribution is 2.55. The molecule has 1 N–H and O–H groups in total. The second-order valence-electron chi connectivity index (χ2n) is 7.26. The van der Waals surface area contributed by atoms with Gasteiger partial charge in [-0.05, 0) is 36.6 Å². The topological polar surface area (TPSA) is 77.1 Å². The second-order valence-corrected chi connectivity index (χ2v) is 7.69. The molecule has 1 spiro atoms. The lowest BCUT2D eigenvalue weighted by Crippen LogP contribution is -2.41. The van der Waals surface area contributed by atoms with E-state index < -0.39 is 23.7 Å². The fourth-order valence-corrected chi connectivity index (χ4v) is 4.18. The van der Waals surface area contributed by atoms with Gasteiger partial charge in [-0.2, -0.15) is 0 Å². The lowest BCUT2D eigenvalue weighted by Gasteiger charge is -2.21. The first-order valence-corrected chi connectivity index (χ1v) is 9.17. The van der Waals surface area contributed by atoms with Gasteiger partial charge in [-0.15, -0.1) is 0 Å². The van der Waals surface area contributed by atoms with Gasteiger partial charge < -0.3 is 9.47 Å². The Kier molecular flexibility index (Phi) is 4.31. The maximum atomic E-state index is 12.1. The van der Waals surface area contributed by atoms with Crippen molar-refractivity contribution in [2.45, 2.75) is 36.3 Å². The van der Waals surface area contributed by atoms with Gasteiger partial charge in [-0.3, -0.25) is 15.2 Å². The summed E-state index contributed by atoms with van der Waals surface area (Å²) in [6, 6.07) is 7.06. The number of esters is 1. The van der Waals surface area contributed by atoms with Crippen LogP contribution in [0, 0.1) is 0 Å². The van der Waals surface area contributed by atoms with Crippen molar-refractivity contribution in [3.63, 3.8) is 0 Å². The number of ether oxygens (including phenoxy) is 2. The van der Waals surface area contributed by atoms with Crippen LogP contribution in [0.25, 0.3) is 0 Å². The van der Waals surface area contributed by atoms with Crippen LogP contribution in [-0.4, -0.2) is 49.4 Å². The van der Waals surface area contributed by atoms with Crippen molar-refractivity contribution in [2.24, 2.45) is 0 Å². The van der Waals surface area contributed by atoms with E-state index in [-0.39, 0.29) is 12.0 Å². The molecule has 1 aliphatic carbocycles. The van der Waals surface area contributed by atoms with Crippen LogP contribution in [0.3, 0.4) is 0 Å². The monoisotopic (exact) mass is 392 g/mol. The molecular weight excluding hydrogens is 372 g/mol. The molecule has 4 rings (SSSR count). The first-order valence-electron chi connectivity index (χ1n) is 8.79. The van der Waals surface area contributed by atoms with Crippen molar-refractivity contribution >= 4 is 23.7 Å². The summed E-state index contributed by atoms with van der Waals surface area (Å²) < 4.78 is 9.67. The van der Waals surface area contributed by atoms with E-state index >= 15 is 0 Å². The number of hydroxylamine groups is 1. The Balaban J connectivity index is 1.62. The number of likely N-dealkylation sites (tertiary alicyclic amines) is 1. The van der Waals surface area contributed by atoms with E-state index in [0.717, 1.165) is 18.5 Å². The SMILES string of the molecule is COC(=O)[C@@H]1CC2(C=C(C3(c4ccc(Cl)cc4)CC3)NO2)CN1C(=O)OC. The molecule has 7 nitrogen and oxygen atoms in total. The standard InChI is InChI=1S/C19H21ClN2O5/c1-25-16(23)14-9-18(11-22(14)17(24)26-2)10-15(21-27-18)19(7-8-19)12-3-5-13(20)6-4-12/h3-6,10,14,21H,7-9,11H2,1-2H3/t14-,18?/m0/s1. The third kappa shape index (κ3) is 2.95. The number of rotatable bonds is 3. The lowest BCUT2D eigenvalue weighted by atomic mass is 9.89. The highest BCUT2D eigenvalue weighted by Gasteiger charge is 2.57. The van der Waals surface area contributed by atoms with Gasteiger partial charge in [-0.1, -0.05) is 23.7 Å². The predicted octanol–water partition coefficient (Wildman–Crippen LogP) is 2.54. The molecular formula is C19H21ClN2O5. The van der Waals surface area contributed by atoms with Crippen molar-refractivity contribution in [1.82, 2.24) is 10.4 Å². The molecule has 1 saturated carbocycles. The van der Waals surface area contributed by atoms with E-state index in [2.05, 4.69) is 5.48 Å². The number of amides is 1. The van der Waals surface area contributed by atoms with Gasteiger partial charge in [0.05, 0.1) is 20.8 Å². The summed E-state index contributed by atoms with van der Waals surface area (Å²) in [6.07, 6.45) is 3.73. The summed E-state index contributed by atoms with van der Waals surface area (Å²) in [4.78, 5) is 31.5. The Morgan fingerprint density at radius 1 is 1.22 bits per heavy atom. The number of hydrogen-bond acceptors (Lipinski definition) is 6. The van der Waals surface area contributed by atoms with Crippen LogP contribution in [0.15, 0.2) is 36.0 Å². The van der Waals surface area contributed by atoms with E-state index in [1.54, 1.807) is 0 Å². The molecule has 8 heteroatoms. The van der Waals surface area contributed by atoms with Gasteiger partial charge in [0.25, 0.3) is 0 Å². The van der Waals surface area contributed by atoms with E-state index in [1.165, 1.54) is 24.7 Å². The van der Waals surface area contributed by atoms with Gasteiger partial charge in [-0.25, -0.2) is 9.59 Å². The van der Waals surface area contributed by atoms with Crippen LogP contribution in [0.2, 0.25) is 5.02 Å². The van der Waals surface area contributed by atoms with Crippen molar-refractivity contribution in [3.8, 4) is 0 Å². The van der Waals surface area contributed by atoms with Crippen molar-refractivity contribution in [2.75, 3.05) is 20.8 Å². The van der Waals surface area contributed by atoms with E-state index in [4.69, 9.17) is 25.9 Å². The molecule has 2 heterocycles. The molecule has 2 atom stereocenters. The van der Waals surface area contributed by atoms with Gasteiger partial charge in [0.1, 0.15) is 11.6 Å². The number of allylic oxidation sites excluding steroid dienone is 1. The summed E-state index contributed by atoms with van der Waals surface area (Å²) in [5.74, 6) is -0.485. The number of nitrogens with zero attached hydrogens (tertiary/aromatic N) is 1. The third-order valence-electron chi connectivity index (χ3n) is 5.67. The minimum Gasteiger partial charge on any atom is -0.467 e. The molecule has 3 aliphatic rings. The molecule has 0 bridgehead atoms. The zero-order valence-corrected chi connectivity index (χ0v) is 15.9. The van der Waals surface area contributed by atoms with Gasteiger partial charge in [0.15, 0.2) is 0 Å². The first kappa shape index (κ1) is 18.1. The van der Waals surface area contributed by atoms with Crippen LogP contribution in [0.5, 0.6) is 0 Å². The number of nitrogens with one attached hydrogen (secondary N) is 1. The Bertz CT molecular complexity index is 779. The molecule has 144 valence electrons. The molecule has 1 amide bonds. The number of carbonyl (C=O) groups is 2. The lowest BCUT2D eigenvalue weighted by molar-refractivity contribution is -0.145. The van der Waals surface area contributed by atoms with E-state index in [1.807, 2.05) is 30.3 Å². The normalized spacial score (nSPS) is 27.9. The quantitative estimate of drug-likeness (QED) is 0.796. The molecule has 1 aromatic carbocycles. The number of hydrogen-bond donors (Lipinski definition) is 1. The number of methoxy groups -OCH3 is 2. The Morgan fingerprint density at radius 3 is 2.52 bits per heavy atom. The van der Waals surface area contributed by atoms with Crippen molar-refractivity contribution < 1.29 is 23.9 Å². The molecule has 27 heavy (non-hydrogen) atoms. The summed E-state index contributed by atoms with van der Waals surface area (Å²) in [5, 5.41) is 0.695. The van der Waals surface area contributed by atoms with Gasteiger partial charge >= 0.3 is 12.1 Å². The highest BCUT2D eigenvalue weighted by atomic mass is 35.5. The number of carbonyl (C=O) groups excluding carboxylic acids is 2. The average molecular weight is 393 g/mol. The zero-order valence-electron chi connectivity index (χ0n) is 15.2. The summed E-state index contributed by atoms with van der Waals surface area (Å²) in [6.45, 7) is 0.215. The van der Waals surface area contributed by atoms with E-state index in [9.17, 15) is 9.59 Å². The molecule has 1 aromatic rings. The van der Waals surface area contributed by atoms with Crippen LogP contribution < -0.4 is 5.48 Å². The van der Waals surface area contributed by atoms with Crippen LogP contribution in [0.4, 0.5) is 4.79 Å². The minimum absolute atomic E-state index is 0.131. The molecule has 0 radical (unpaired) electrons. The summed E-state index contributed by atoms with van der Waals surface area (Å²) >= 11 is 6.01. The maximum Gasteiger partial charge on any atom is 0.410 e. The van der Waals surface area contributed by atoms with Crippen molar-refractivity contribution in [3.05, 3.63) is 46.6 Å². The number of benzene rings is 1. The highest BCUT2D eigenvalue weighted by molar-refractivity contribution is 6.30. The third-order valence-corrected chi connectivity index (χ3v) is 5.92. The van der Waals surface area contributed by atoms with Crippen LogP contribution in [0.1, 0.15) is 24.8 Å². The van der Waals surface area contributed by atoms with Crippen molar-refractivity contribution in [1.29, 1.82) is 0 Å². The van der Waals surface area contributed by atoms with Gasteiger partial charge in [0.2, 0.25) is 0 Å². The van der Waals surface area contributed by atoms with Crippen LogP contribution >= 0.6 is 11.6 Å². The number of halogens is 1. The largest absolute Gasteiger partial charge is 0.467 e.